The molecule has 0 bridgehead atoms. The Balaban J connectivity index is 2.58. The van der Waals surface area contributed by atoms with Crippen LogP contribution in [0.25, 0.3) is 11.1 Å². The van der Waals surface area contributed by atoms with E-state index in [9.17, 15) is 4.79 Å². The van der Waals surface area contributed by atoms with Gasteiger partial charge in [0, 0.05) is 22.3 Å². The summed E-state index contributed by atoms with van der Waals surface area (Å²) in [5.41, 5.74) is 2.35. The number of halogens is 2. The van der Waals surface area contributed by atoms with Gasteiger partial charge in [-0.2, -0.15) is 0 Å². The van der Waals surface area contributed by atoms with E-state index >= 15 is 0 Å². The minimum atomic E-state index is -1.11. The first-order valence-electron chi connectivity index (χ1n) is 5.14. The van der Waals surface area contributed by atoms with Crippen LogP contribution in [0.2, 0.25) is 10.2 Å². The molecule has 0 atom stereocenters. The van der Waals surface area contributed by atoms with Gasteiger partial charge < -0.3 is 5.11 Å². The number of aryl methyl sites for hydroxylation is 1. The quantitative estimate of drug-likeness (QED) is 0.845. The number of aromatic carboxylic acids is 1. The molecule has 2 aromatic rings. The molecular weight excluding hydrogens is 273 g/mol. The molecule has 1 aromatic heterocycles. The third kappa shape index (κ3) is 2.47. The molecule has 0 aliphatic heterocycles. The number of pyridine rings is 1. The average molecular weight is 282 g/mol. The molecule has 0 unspecified atom stereocenters. The van der Waals surface area contributed by atoms with E-state index < -0.39 is 5.97 Å². The van der Waals surface area contributed by atoms with Gasteiger partial charge in [0.2, 0.25) is 0 Å². The van der Waals surface area contributed by atoms with Crippen molar-refractivity contribution in [1.82, 2.24) is 4.98 Å². The summed E-state index contributed by atoms with van der Waals surface area (Å²) in [4.78, 5) is 14.9. The Labute approximate surface area is 114 Å². The normalized spacial score (nSPS) is 10.4. The lowest BCUT2D eigenvalue weighted by Gasteiger charge is -2.07. The minimum Gasteiger partial charge on any atom is -0.478 e. The van der Waals surface area contributed by atoms with Gasteiger partial charge in [-0.1, -0.05) is 35.3 Å². The van der Waals surface area contributed by atoms with Gasteiger partial charge >= 0.3 is 5.97 Å². The lowest BCUT2D eigenvalue weighted by molar-refractivity contribution is 0.0696. The highest BCUT2D eigenvalue weighted by Gasteiger charge is 2.13. The fraction of sp³-hybridized carbons (Fsp3) is 0.0769. The van der Waals surface area contributed by atoms with E-state index in [2.05, 4.69) is 4.98 Å². The zero-order valence-corrected chi connectivity index (χ0v) is 11.0. The number of carboxylic acids is 1. The Hall–Kier alpha value is -1.58. The van der Waals surface area contributed by atoms with Gasteiger partial charge in [-0.15, -0.1) is 0 Å². The summed E-state index contributed by atoms with van der Waals surface area (Å²) in [6.07, 6.45) is 1.51. The van der Waals surface area contributed by atoms with Crippen LogP contribution in [0.1, 0.15) is 15.9 Å². The second-order valence-corrected chi connectivity index (χ2v) is 4.62. The molecule has 5 heteroatoms. The van der Waals surface area contributed by atoms with Crippen LogP contribution < -0.4 is 0 Å². The Morgan fingerprint density at radius 1 is 1.28 bits per heavy atom. The molecule has 3 nitrogen and oxygen atoms in total. The molecule has 0 spiro atoms. The Kier molecular flexibility index (Phi) is 3.55. The lowest BCUT2D eigenvalue weighted by Crippen LogP contribution is -1.99. The summed E-state index contributed by atoms with van der Waals surface area (Å²) >= 11 is 11.8. The monoisotopic (exact) mass is 281 g/mol. The lowest BCUT2D eigenvalue weighted by atomic mass is 10.0. The summed E-state index contributed by atoms with van der Waals surface area (Å²) in [6.45, 7) is 1.93. The molecule has 2 rings (SSSR count). The van der Waals surface area contributed by atoms with E-state index in [-0.39, 0.29) is 10.7 Å². The van der Waals surface area contributed by atoms with E-state index in [1.54, 1.807) is 0 Å². The maximum atomic E-state index is 11.0. The van der Waals surface area contributed by atoms with Gasteiger partial charge in [0.05, 0.1) is 5.56 Å². The number of hydrogen-bond donors (Lipinski definition) is 1. The van der Waals surface area contributed by atoms with Crippen LogP contribution in [0.15, 0.2) is 30.5 Å². The predicted octanol–water partition coefficient (Wildman–Crippen LogP) is 4.06. The first-order valence-corrected chi connectivity index (χ1v) is 5.90. The maximum absolute atomic E-state index is 11.0. The third-order valence-electron chi connectivity index (χ3n) is 2.51. The highest BCUT2D eigenvalue weighted by molar-refractivity contribution is 6.34. The number of carboxylic acid groups (broad SMARTS) is 1. The van der Waals surface area contributed by atoms with Crippen LogP contribution in [-0.4, -0.2) is 16.1 Å². The van der Waals surface area contributed by atoms with Crippen molar-refractivity contribution in [3.63, 3.8) is 0 Å². The topological polar surface area (TPSA) is 50.2 Å². The third-order valence-corrected chi connectivity index (χ3v) is 3.12. The molecule has 0 radical (unpaired) electrons. The van der Waals surface area contributed by atoms with Crippen LogP contribution in [0.4, 0.5) is 0 Å². The molecule has 0 aliphatic rings. The second-order valence-electron chi connectivity index (χ2n) is 3.85. The zero-order valence-electron chi connectivity index (χ0n) is 9.45. The van der Waals surface area contributed by atoms with E-state index in [0.29, 0.717) is 10.6 Å². The fourth-order valence-electron chi connectivity index (χ4n) is 1.60. The molecule has 18 heavy (non-hydrogen) atoms. The summed E-state index contributed by atoms with van der Waals surface area (Å²) in [7, 11) is 0. The van der Waals surface area contributed by atoms with Crippen molar-refractivity contribution >= 4 is 29.2 Å². The summed E-state index contributed by atoms with van der Waals surface area (Å²) in [6, 6.07) is 7.00. The fourth-order valence-corrected chi connectivity index (χ4v) is 2.13. The smallest absolute Gasteiger partial charge is 0.338 e. The summed E-state index contributed by atoms with van der Waals surface area (Å²) in [5.74, 6) is -1.11. The van der Waals surface area contributed by atoms with E-state index in [1.165, 1.54) is 12.3 Å². The molecule has 1 heterocycles. The Bertz CT molecular complexity index is 626. The molecule has 0 saturated carbocycles. The minimum absolute atomic E-state index is 0.0329. The number of rotatable bonds is 2. The molecule has 0 amide bonds. The molecule has 0 saturated heterocycles. The molecule has 0 aliphatic carbocycles. The largest absolute Gasteiger partial charge is 0.478 e. The first-order chi connectivity index (χ1) is 8.49. The van der Waals surface area contributed by atoms with Crippen molar-refractivity contribution < 1.29 is 9.90 Å². The van der Waals surface area contributed by atoms with Gasteiger partial charge in [-0.05, 0) is 24.6 Å². The molecule has 92 valence electrons. The number of hydrogen-bond acceptors (Lipinski definition) is 2. The van der Waals surface area contributed by atoms with E-state index in [0.717, 1.165) is 11.1 Å². The van der Waals surface area contributed by atoms with Crippen molar-refractivity contribution in [1.29, 1.82) is 0 Å². The average Bonchev–Trinajstić information content (AvgIpc) is 2.30. The van der Waals surface area contributed by atoms with Crippen molar-refractivity contribution in [2.45, 2.75) is 6.92 Å². The number of aromatic nitrogens is 1. The van der Waals surface area contributed by atoms with Crippen LogP contribution in [0, 0.1) is 6.92 Å². The van der Waals surface area contributed by atoms with Gasteiger partial charge in [0.25, 0.3) is 0 Å². The van der Waals surface area contributed by atoms with E-state index in [4.69, 9.17) is 28.3 Å². The second kappa shape index (κ2) is 4.96. The van der Waals surface area contributed by atoms with Crippen molar-refractivity contribution in [2.24, 2.45) is 0 Å². The summed E-state index contributed by atoms with van der Waals surface area (Å²) in [5, 5.41) is 9.51. The van der Waals surface area contributed by atoms with Crippen LogP contribution in [0.3, 0.4) is 0 Å². The number of carbonyl (C=O) groups is 1. The van der Waals surface area contributed by atoms with Gasteiger partial charge in [0.15, 0.2) is 0 Å². The highest BCUT2D eigenvalue weighted by atomic mass is 35.5. The van der Waals surface area contributed by atoms with Gasteiger partial charge in [0.1, 0.15) is 5.15 Å². The van der Waals surface area contributed by atoms with Gasteiger partial charge in [-0.3, -0.25) is 0 Å². The first kappa shape index (κ1) is 12.9. The molecular formula is C13H9Cl2NO2. The number of benzene rings is 1. The molecule has 1 N–H and O–H groups in total. The Morgan fingerprint density at radius 2 is 2.00 bits per heavy atom. The van der Waals surface area contributed by atoms with Crippen LogP contribution >= 0.6 is 23.2 Å². The Morgan fingerprint density at radius 3 is 2.61 bits per heavy atom. The van der Waals surface area contributed by atoms with Gasteiger partial charge in [-0.25, -0.2) is 9.78 Å². The van der Waals surface area contributed by atoms with Crippen LogP contribution in [-0.2, 0) is 0 Å². The molecule has 0 fully saturated rings. The predicted molar refractivity (Wildman–Crippen MR) is 71.4 cm³/mol. The molecule has 1 aromatic carbocycles. The van der Waals surface area contributed by atoms with Crippen LogP contribution in [0.5, 0.6) is 0 Å². The maximum Gasteiger partial charge on any atom is 0.338 e. The highest BCUT2D eigenvalue weighted by Crippen LogP contribution is 2.30. The summed E-state index contributed by atoms with van der Waals surface area (Å²) < 4.78 is 0. The standard InChI is InChI=1S/C13H9Cl2NO2/c1-7-2-3-9(11(14)4-7)8-5-10(13(17)18)12(15)16-6-8/h2-6H,1H3,(H,17,18). The SMILES string of the molecule is Cc1ccc(-c2cnc(Cl)c(C(=O)O)c2)c(Cl)c1. The van der Waals surface area contributed by atoms with Crippen molar-refractivity contribution in [3.05, 3.63) is 51.8 Å². The van der Waals surface area contributed by atoms with Crippen molar-refractivity contribution in [2.75, 3.05) is 0 Å². The number of nitrogens with zero attached hydrogens (tertiary/aromatic N) is 1. The zero-order chi connectivity index (χ0) is 13.3. The van der Waals surface area contributed by atoms with Crippen molar-refractivity contribution in [3.8, 4) is 11.1 Å². The van der Waals surface area contributed by atoms with E-state index in [1.807, 2.05) is 25.1 Å².